The highest BCUT2D eigenvalue weighted by Crippen LogP contribution is 2.52. The van der Waals surface area contributed by atoms with Crippen LogP contribution in [0.15, 0.2) is 204 Å². The molecule has 0 bridgehead atoms. The monoisotopic (exact) mass is 819 g/mol. The number of benzene rings is 8. The number of para-hydroxylation sites is 2. The Kier molecular flexibility index (Phi) is 8.99. The van der Waals surface area contributed by atoms with E-state index in [1.807, 2.05) is 12.1 Å². The molecule has 0 unspecified atom stereocenters. The number of anilines is 2. The van der Waals surface area contributed by atoms with E-state index < -0.39 is 0 Å². The maximum Gasteiger partial charge on any atom is 0.144 e. The molecule has 3 aliphatic rings. The first-order valence-electron chi connectivity index (χ1n) is 22.4. The van der Waals surface area contributed by atoms with Crippen LogP contribution in [0.1, 0.15) is 55.4 Å². The van der Waals surface area contributed by atoms with Crippen LogP contribution >= 0.6 is 0 Å². The molecular formula is C62H45NO. The van der Waals surface area contributed by atoms with E-state index in [0.717, 1.165) is 51.4 Å². The molecule has 0 atom stereocenters. The van der Waals surface area contributed by atoms with Crippen molar-refractivity contribution in [3.63, 3.8) is 0 Å². The van der Waals surface area contributed by atoms with Gasteiger partial charge in [-0.15, -0.1) is 0 Å². The minimum Gasteiger partial charge on any atom is -0.455 e. The van der Waals surface area contributed by atoms with Gasteiger partial charge < -0.3 is 9.32 Å². The van der Waals surface area contributed by atoms with Crippen molar-refractivity contribution >= 4 is 50.3 Å². The molecule has 0 aliphatic heterocycles. The van der Waals surface area contributed by atoms with E-state index in [1.165, 1.54) is 77.7 Å². The van der Waals surface area contributed by atoms with Gasteiger partial charge in [0.05, 0.1) is 5.69 Å². The third-order valence-corrected chi connectivity index (χ3v) is 13.7. The van der Waals surface area contributed by atoms with E-state index in [2.05, 4.69) is 219 Å². The SMILES string of the molecule is CC1(C)c2ccccc2-c2cccc(C3=CC=C(N(c4ccc(-c5cccc(-c6cccc7ccccc67)c5)cc4)c4ccccc4C4=c5c(oc6ccccc56)=CC#CC4)CC3)c21. The molecule has 0 amide bonds. The number of furan rings is 1. The largest absolute Gasteiger partial charge is 0.455 e. The van der Waals surface area contributed by atoms with Crippen LogP contribution in [0, 0.1) is 11.8 Å². The fraction of sp³-hybridized carbons (Fsp3) is 0.0968. The smallest absolute Gasteiger partial charge is 0.144 e. The van der Waals surface area contributed by atoms with Crippen LogP contribution in [0.25, 0.3) is 72.3 Å². The van der Waals surface area contributed by atoms with Crippen LogP contribution in [-0.4, -0.2) is 0 Å². The lowest BCUT2D eigenvalue weighted by Gasteiger charge is -2.32. The summed E-state index contributed by atoms with van der Waals surface area (Å²) in [5.74, 6) is 6.72. The maximum absolute atomic E-state index is 6.45. The Hall–Kier alpha value is -7.86. The number of fused-ring (bicyclic) bond motifs is 7. The lowest BCUT2D eigenvalue weighted by atomic mass is 9.77. The summed E-state index contributed by atoms with van der Waals surface area (Å²) in [7, 11) is 0. The second kappa shape index (κ2) is 15.2. The zero-order valence-corrected chi connectivity index (χ0v) is 36.0. The van der Waals surface area contributed by atoms with E-state index in [1.54, 1.807) is 0 Å². The zero-order chi connectivity index (χ0) is 42.8. The minimum absolute atomic E-state index is 0.0825. The molecule has 2 nitrogen and oxygen atoms in total. The predicted molar refractivity (Wildman–Crippen MR) is 268 cm³/mol. The summed E-state index contributed by atoms with van der Waals surface area (Å²) in [6.07, 6.45) is 9.12. The molecule has 0 N–H and O–H groups in total. The molecule has 2 heteroatoms. The second-order valence-electron chi connectivity index (χ2n) is 17.7. The van der Waals surface area contributed by atoms with Crippen LogP contribution < -0.4 is 15.5 Å². The molecule has 0 spiro atoms. The molecule has 304 valence electrons. The lowest BCUT2D eigenvalue weighted by Crippen LogP contribution is -2.25. The quantitative estimate of drug-likeness (QED) is 0.149. The third kappa shape index (κ3) is 6.19. The molecule has 0 fully saturated rings. The third-order valence-electron chi connectivity index (χ3n) is 13.7. The fourth-order valence-corrected chi connectivity index (χ4v) is 10.7. The van der Waals surface area contributed by atoms with Crippen LogP contribution in [0.3, 0.4) is 0 Å². The zero-order valence-electron chi connectivity index (χ0n) is 36.0. The number of nitrogens with zero attached hydrogens (tertiary/aromatic N) is 1. The van der Waals surface area contributed by atoms with Gasteiger partial charge in [-0.1, -0.05) is 183 Å². The first kappa shape index (κ1) is 37.9. The molecule has 64 heavy (non-hydrogen) atoms. The van der Waals surface area contributed by atoms with Crippen molar-refractivity contribution in [3.05, 3.63) is 233 Å². The first-order valence-corrected chi connectivity index (χ1v) is 22.4. The van der Waals surface area contributed by atoms with Gasteiger partial charge in [-0.2, -0.15) is 0 Å². The van der Waals surface area contributed by atoms with E-state index in [9.17, 15) is 0 Å². The first-order chi connectivity index (χ1) is 31.5. The normalized spacial score (nSPS) is 14.6. The summed E-state index contributed by atoms with van der Waals surface area (Å²) in [6.45, 7) is 4.77. The predicted octanol–water partition coefficient (Wildman–Crippen LogP) is 14.5. The Morgan fingerprint density at radius 3 is 2.11 bits per heavy atom. The molecule has 12 rings (SSSR count). The van der Waals surface area contributed by atoms with Gasteiger partial charge in [-0.3, -0.25) is 0 Å². The van der Waals surface area contributed by atoms with Crippen molar-refractivity contribution in [1.29, 1.82) is 0 Å². The summed E-state index contributed by atoms with van der Waals surface area (Å²) in [6, 6.07) is 66.4. The summed E-state index contributed by atoms with van der Waals surface area (Å²) in [4.78, 5) is 2.49. The Morgan fingerprint density at radius 1 is 0.547 bits per heavy atom. The molecule has 0 saturated heterocycles. The van der Waals surface area contributed by atoms with Gasteiger partial charge in [0, 0.05) is 45.5 Å². The Bertz CT molecular complexity index is 3610. The lowest BCUT2D eigenvalue weighted by molar-refractivity contribution is 0.576. The van der Waals surface area contributed by atoms with E-state index in [0.29, 0.717) is 6.42 Å². The fourth-order valence-electron chi connectivity index (χ4n) is 10.7. The summed E-state index contributed by atoms with van der Waals surface area (Å²) < 4.78 is 6.45. The van der Waals surface area contributed by atoms with Crippen molar-refractivity contribution < 1.29 is 4.42 Å². The summed E-state index contributed by atoms with van der Waals surface area (Å²) in [5.41, 5.74) is 20.6. The Labute approximate surface area is 374 Å². The standard InChI is InChI=1S/C62H45NO/c1-62(2)56-28-9-5-21-51(56)54-27-15-26-50(61(54)62)43-34-38-47(39-35-43)63(57-29-10-6-22-52(57)53-23-7-12-31-59-60(53)55-24-8-11-30-58(55)64-59)46-36-32-41(33-37-46)44-18-13-19-45(40-44)49-25-14-17-42-16-3-4-20-48(42)49/h3-6,8-11,13-22,24-34,36-38,40H,23,35,39H2,1-2H3. The van der Waals surface area contributed by atoms with Gasteiger partial charge in [0.25, 0.3) is 0 Å². The molecule has 0 radical (unpaired) electrons. The highest BCUT2D eigenvalue weighted by Gasteiger charge is 2.37. The van der Waals surface area contributed by atoms with Crippen molar-refractivity contribution in [3.8, 4) is 45.2 Å². The molecular weight excluding hydrogens is 775 g/mol. The van der Waals surface area contributed by atoms with Gasteiger partial charge in [-0.25, -0.2) is 0 Å². The van der Waals surface area contributed by atoms with Gasteiger partial charge in [0.15, 0.2) is 0 Å². The number of allylic oxidation sites excluding steroid dienone is 4. The topological polar surface area (TPSA) is 16.4 Å². The molecule has 3 aliphatic carbocycles. The van der Waals surface area contributed by atoms with Crippen LogP contribution in [0.2, 0.25) is 0 Å². The number of hydrogen-bond acceptors (Lipinski definition) is 2. The average Bonchev–Trinajstić information content (AvgIpc) is 3.73. The van der Waals surface area contributed by atoms with Crippen LogP contribution in [0.4, 0.5) is 11.4 Å². The Morgan fingerprint density at radius 2 is 1.23 bits per heavy atom. The Balaban J connectivity index is 0.995. The summed E-state index contributed by atoms with van der Waals surface area (Å²) >= 11 is 0. The molecule has 0 saturated carbocycles. The summed E-state index contributed by atoms with van der Waals surface area (Å²) in [5, 5.41) is 4.74. The van der Waals surface area contributed by atoms with Crippen molar-refractivity contribution in [2.24, 2.45) is 0 Å². The van der Waals surface area contributed by atoms with Gasteiger partial charge in [-0.05, 0) is 121 Å². The highest BCUT2D eigenvalue weighted by atomic mass is 16.3. The maximum atomic E-state index is 6.45. The van der Waals surface area contributed by atoms with Crippen molar-refractivity contribution in [1.82, 2.24) is 0 Å². The van der Waals surface area contributed by atoms with E-state index >= 15 is 0 Å². The van der Waals surface area contributed by atoms with Crippen LogP contribution in [-0.2, 0) is 5.41 Å². The van der Waals surface area contributed by atoms with Gasteiger partial charge >= 0.3 is 0 Å². The van der Waals surface area contributed by atoms with E-state index in [4.69, 9.17) is 4.42 Å². The molecule has 8 aromatic carbocycles. The number of hydrogen-bond donors (Lipinski definition) is 0. The van der Waals surface area contributed by atoms with Gasteiger partial charge in [0.1, 0.15) is 11.0 Å². The van der Waals surface area contributed by atoms with Crippen molar-refractivity contribution in [2.75, 3.05) is 4.90 Å². The van der Waals surface area contributed by atoms with E-state index in [-0.39, 0.29) is 5.41 Å². The highest BCUT2D eigenvalue weighted by molar-refractivity contribution is 5.97. The molecule has 1 aromatic heterocycles. The minimum atomic E-state index is -0.0825. The molecule has 9 aromatic rings. The van der Waals surface area contributed by atoms with Crippen LogP contribution in [0.5, 0.6) is 0 Å². The second-order valence-corrected chi connectivity index (χ2v) is 17.7. The average molecular weight is 820 g/mol. The van der Waals surface area contributed by atoms with Gasteiger partial charge in [0.2, 0.25) is 0 Å². The number of rotatable bonds is 7. The molecule has 1 heterocycles. The van der Waals surface area contributed by atoms with Crippen molar-refractivity contribution in [2.45, 2.75) is 38.5 Å².